The van der Waals surface area contributed by atoms with E-state index in [-0.39, 0.29) is 11.5 Å². The average molecular weight is 269 g/mol. The topological polar surface area (TPSA) is 52.8 Å². The van der Waals surface area contributed by atoms with Crippen LogP contribution in [0.1, 0.15) is 11.1 Å². The number of nitrogens with zero attached hydrogens (tertiary/aromatic N) is 1. The quantitative estimate of drug-likeness (QED) is 0.825. The Morgan fingerprint density at radius 1 is 1.00 bits per heavy atom. The molecule has 0 fully saturated rings. The molecule has 0 atom stereocenters. The number of thioether (sulfide) groups is 1. The summed E-state index contributed by atoms with van der Waals surface area (Å²) in [5, 5.41) is 19.9. The zero-order chi connectivity index (χ0) is 13.4. The number of benzene rings is 2. The van der Waals surface area contributed by atoms with Gasteiger partial charge < -0.3 is 10.2 Å². The summed E-state index contributed by atoms with van der Waals surface area (Å²) >= 11 is 1.42. The highest BCUT2D eigenvalue weighted by atomic mass is 32.2. The molecule has 0 aliphatic carbocycles. The van der Waals surface area contributed by atoms with Crippen LogP contribution in [0, 0.1) is 0 Å². The third kappa shape index (κ3) is 2.11. The molecular weight excluding hydrogens is 258 g/mol. The van der Waals surface area contributed by atoms with Gasteiger partial charge in [0, 0.05) is 22.1 Å². The number of phenolic OH excluding ortho intramolecular Hbond substituents is 2. The summed E-state index contributed by atoms with van der Waals surface area (Å²) in [4.78, 5) is 5.43. The van der Waals surface area contributed by atoms with Crippen LogP contribution in [-0.2, 0) is 0 Å². The maximum atomic E-state index is 9.89. The van der Waals surface area contributed by atoms with E-state index in [9.17, 15) is 10.2 Å². The van der Waals surface area contributed by atoms with Crippen molar-refractivity contribution in [2.75, 3.05) is 0 Å². The Bertz CT molecular complexity index is 707. The maximum absolute atomic E-state index is 9.89. The lowest BCUT2D eigenvalue weighted by Crippen LogP contribution is -2.00. The lowest BCUT2D eigenvalue weighted by molar-refractivity contribution is 0.450. The molecule has 2 aromatic rings. The molecular formula is C15H11NO2S. The van der Waals surface area contributed by atoms with Crippen molar-refractivity contribution in [3.63, 3.8) is 0 Å². The number of fused-ring (bicyclic) bond motifs is 1. The van der Waals surface area contributed by atoms with Crippen molar-refractivity contribution in [1.29, 1.82) is 0 Å². The van der Waals surface area contributed by atoms with Gasteiger partial charge in [-0.25, -0.2) is 4.99 Å². The van der Waals surface area contributed by atoms with Gasteiger partial charge in [0.25, 0.3) is 0 Å². The normalized spacial score (nSPS) is 13.9. The van der Waals surface area contributed by atoms with Crippen molar-refractivity contribution in [3.8, 4) is 11.5 Å². The summed E-state index contributed by atoms with van der Waals surface area (Å²) in [6.07, 6.45) is 0. The Morgan fingerprint density at radius 3 is 2.58 bits per heavy atom. The Labute approximate surface area is 114 Å². The van der Waals surface area contributed by atoms with Crippen molar-refractivity contribution in [1.82, 2.24) is 0 Å². The second-order valence-corrected chi connectivity index (χ2v) is 5.24. The van der Waals surface area contributed by atoms with E-state index in [2.05, 4.69) is 11.6 Å². The number of para-hydroxylation sites is 1. The van der Waals surface area contributed by atoms with E-state index < -0.39 is 0 Å². The van der Waals surface area contributed by atoms with E-state index in [0.717, 1.165) is 16.2 Å². The molecule has 1 aliphatic rings. The SMILES string of the molecule is C=C1SC(c2ccc(O)cc2O)=Nc2ccccc21. The number of hydrogen-bond acceptors (Lipinski definition) is 4. The minimum atomic E-state index is 0.0124. The van der Waals surface area contributed by atoms with Crippen LogP contribution in [0.25, 0.3) is 4.91 Å². The van der Waals surface area contributed by atoms with E-state index in [4.69, 9.17) is 0 Å². The minimum absolute atomic E-state index is 0.0124. The van der Waals surface area contributed by atoms with Gasteiger partial charge in [-0.05, 0) is 18.2 Å². The third-order valence-corrected chi connectivity index (χ3v) is 3.83. The van der Waals surface area contributed by atoms with Crippen LogP contribution in [0.4, 0.5) is 5.69 Å². The Hall–Kier alpha value is -2.20. The van der Waals surface area contributed by atoms with Crippen molar-refractivity contribution in [2.24, 2.45) is 4.99 Å². The van der Waals surface area contributed by atoms with Gasteiger partial charge >= 0.3 is 0 Å². The molecule has 2 N–H and O–H groups in total. The fraction of sp³-hybridized carbons (Fsp3) is 0. The smallest absolute Gasteiger partial charge is 0.129 e. The molecule has 1 aliphatic heterocycles. The van der Waals surface area contributed by atoms with Gasteiger partial charge in [0.2, 0.25) is 0 Å². The Balaban J connectivity index is 2.13. The van der Waals surface area contributed by atoms with Crippen LogP contribution in [0.5, 0.6) is 11.5 Å². The molecule has 0 saturated carbocycles. The molecule has 4 heteroatoms. The molecule has 94 valence electrons. The molecule has 19 heavy (non-hydrogen) atoms. The van der Waals surface area contributed by atoms with E-state index in [1.807, 2.05) is 24.3 Å². The molecule has 2 aromatic carbocycles. The molecule has 0 spiro atoms. The van der Waals surface area contributed by atoms with E-state index in [1.165, 1.54) is 23.9 Å². The van der Waals surface area contributed by atoms with Gasteiger partial charge in [-0.2, -0.15) is 0 Å². The average Bonchev–Trinajstić information content (AvgIpc) is 2.38. The number of rotatable bonds is 1. The highest BCUT2D eigenvalue weighted by Gasteiger charge is 2.19. The number of hydrogen-bond donors (Lipinski definition) is 2. The zero-order valence-electron chi connectivity index (χ0n) is 10.00. The van der Waals surface area contributed by atoms with Crippen LogP contribution < -0.4 is 0 Å². The fourth-order valence-electron chi connectivity index (χ4n) is 1.93. The standard InChI is InChI=1S/C15H11NO2S/c1-9-11-4-2-3-5-13(11)16-15(19-9)12-7-6-10(17)8-14(12)18/h2-8,17-18H,1H2. The van der Waals surface area contributed by atoms with Crippen molar-refractivity contribution in [3.05, 3.63) is 60.2 Å². The molecule has 0 saturated heterocycles. The zero-order valence-corrected chi connectivity index (χ0v) is 10.8. The summed E-state index contributed by atoms with van der Waals surface area (Å²) in [5.41, 5.74) is 2.45. The first kappa shape index (κ1) is 11.9. The van der Waals surface area contributed by atoms with Crippen molar-refractivity contribution in [2.45, 2.75) is 0 Å². The van der Waals surface area contributed by atoms with Gasteiger partial charge in [0.05, 0.1) is 5.69 Å². The lowest BCUT2D eigenvalue weighted by atomic mass is 10.1. The second kappa shape index (κ2) is 4.48. The number of aliphatic imine (C=N–C) groups is 1. The molecule has 3 rings (SSSR count). The molecule has 0 bridgehead atoms. The van der Waals surface area contributed by atoms with Crippen LogP contribution >= 0.6 is 11.8 Å². The summed E-state index contributed by atoms with van der Waals surface area (Å²) < 4.78 is 0. The van der Waals surface area contributed by atoms with Crippen LogP contribution in [-0.4, -0.2) is 15.3 Å². The van der Waals surface area contributed by atoms with Crippen molar-refractivity contribution < 1.29 is 10.2 Å². The summed E-state index contributed by atoms with van der Waals surface area (Å²) in [7, 11) is 0. The van der Waals surface area contributed by atoms with E-state index in [1.54, 1.807) is 6.07 Å². The van der Waals surface area contributed by atoms with E-state index in [0.29, 0.717) is 10.6 Å². The molecule has 0 amide bonds. The van der Waals surface area contributed by atoms with Gasteiger partial charge in [0.15, 0.2) is 0 Å². The summed E-state index contributed by atoms with van der Waals surface area (Å²) in [6.45, 7) is 4.03. The first-order valence-corrected chi connectivity index (χ1v) is 6.54. The minimum Gasteiger partial charge on any atom is -0.508 e. The van der Waals surface area contributed by atoms with Crippen molar-refractivity contribution >= 4 is 27.4 Å². The van der Waals surface area contributed by atoms with Crippen LogP contribution in [0.3, 0.4) is 0 Å². The Morgan fingerprint density at radius 2 is 1.79 bits per heavy atom. The fourth-order valence-corrected chi connectivity index (χ4v) is 2.87. The monoisotopic (exact) mass is 269 g/mol. The predicted octanol–water partition coefficient (Wildman–Crippen LogP) is 3.89. The van der Waals surface area contributed by atoms with Crippen LogP contribution in [0.2, 0.25) is 0 Å². The molecule has 0 unspecified atom stereocenters. The van der Waals surface area contributed by atoms with Crippen LogP contribution in [0.15, 0.2) is 54.0 Å². The molecule has 1 heterocycles. The third-order valence-electron chi connectivity index (χ3n) is 2.86. The summed E-state index contributed by atoms with van der Waals surface area (Å²) in [6, 6.07) is 12.2. The summed E-state index contributed by atoms with van der Waals surface area (Å²) in [5.74, 6) is 0.0420. The van der Waals surface area contributed by atoms with E-state index >= 15 is 0 Å². The van der Waals surface area contributed by atoms with Gasteiger partial charge in [0.1, 0.15) is 16.5 Å². The lowest BCUT2D eigenvalue weighted by Gasteiger charge is -2.17. The molecule has 0 aromatic heterocycles. The Kier molecular flexibility index (Phi) is 2.80. The molecule has 3 nitrogen and oxygen atoms in total. The molecule has 0 radical (unpaired) electrons. The number of aromatic hydroxyl groups is 2. The number of phenols is 2. The first-order chi connectivity index (χ1) is 9.15. The van der Waals surface area contributed by atoms with Gasteiger partial charge in [-0.1, -0.05) is 36.5 Å². The van der Waals surface area contributed by atoms with Gasteiger partial charge in [-0.15, -0.1) is 0 Å². The maximum Gasteiger partial charge on any atom is 0.129 e. The highest BCUT2D eigenvalue weighted by molar-refractivity contribution is 8.22. The largest absolute Gasteiger partial charge is 0.508 e. The predicted molar refractivity (Wildman–Crippen MR) is 79.0 cm³/mol. The van der Waals surface area contributed by atoms with Gasteiger partial charge in [-0.3, -0.25) is 0 Å². The highest BCUT2D eigenvalue weighted by Crippen LogP contribution is 2.42. The second-order valence-electron chi connectivity index (χ2n) is 4.16. The first-order valence-electron chi connectivity index (χ1n) is 5.72.